The molecule has 0 spiro atoms. The Kier molecular flexibility index (Phi) is 4.24. The monoisotopic (exact) mass is 426 g/mol. The number of carboxylic acid groups (broad SMARTS) is 1. The molecule has 1 aliphatic heterocycles. The summed E-state index contributed by atoms with van der Waals surface area (Å²) in [5, 5.41) is 9.83. The van der Waals surface area contributed by atoms with Crippen molar-refractivity contribution in [1.82, 2.24) is 19.5 Å². The molecule has 6 rings (SSSR count). The first-order chi connectivity index (χ1) is 15.6. The third-order valence-electron chi connectivity index (χ3n) is 6.53. The maximum absolute atomic E-state index is 11.0. The Labute approximate surface area is 184 Å². The summed E-state index contributed by atoms with van der Waals surface area (Å²) in [4.78, 5) is 25.3. The molecule has 2 bridgehead atoms. The summed E-state index contributed by atoms with van der Waals surface area (Å²) in [7, 11) is 0. The molecule has 2 unspecified atom stereocenters. The van der Waals surface area contributed by atoms with Gasteiger partial charge in [-0.2, -0.15) is 0 Å². The van der Waals surface area contributed by atoms with Crippen molar-refractivity contribution in [3.63, 3.8) is 0 Å². The van der Waals surface area contributed by atoms with E-state index in [9.17, 15) is 4.79 Å². The SMILES string of the molecule is Cc1cccc(-c2nc3n(c2-c2ccc4nccc(OCC(=O)O)c4c2)C2CCC3C2)n1. The molecule has 1 fully saturated rings. The van der Waals surface area contributed by atoms with E-state index in [4.69, 9.17) is 19.8 Å². The standard InChI is InChI=1S/C25H22N4O3/c1-14-3-2-4-20(27-14)23-24(29-17-7-5-16(11-17)25(29)28-23)15-6-8-19-18(12-15)21(9-10-26-19)32-13-22(30)31/h2-4,6,8-10,12,16-17H,5,7,11,13H2,1H3,(H,30,31). The number of aryl methyl sites for hydroxylation is 1. The molecule has 3 aromatic heterocycles. The molecule has 1 aliphatic carbocycles. The lowest BCUT2D eigenvalue weighted by atomic mass is 10.0. The summed E-state index contributed by atoms with van der Waals surface area (Å²) in [5.74, 6) is 1.16. The first-order valence-corrected chi connectivity index (χ1v) is 10.9. The van der Waals surface area contributed by atoms with Crippen LogP contribution in [0.15, 0.2) is 48.7 Å². The van der Waals surface area contributed by atoms with Crippen molar-refractivity contribution >= 4 is 16.9 Å². The van der Waals surface area contributed by atoms with Crippen molar-refractivity contribution < 1.29 is 14.6 Å². The average molecular weight is 426 g/mol. The molecule has 32 heavy (non-hydrogen) atoms. The van der Waals surface area contributed by atoms with Gasteiger partial charge in [0.2, 0.25) is 0 Å². The Morgan fingerprint density at radius 1 is 1.19 bits per heavy atom. The predicted molar refractivity (Wildman–Crippen MR) is 120 cm³/mol. The van der Waals surface area contributed by atoms with E-state index in [1.165, 1.54) is 12.8 Å². The summed E-state index contributed by atoms with van der Waals surface area (Å²) >= 11 is 0. The third kappa shape index (κ3) is 2.96. The van der Waals surface area contributed by atoms with Gasteiger partial charge in [-0.1, -0.05) is 12.1 Å². The van der Waals surface area contributed by atoms with E-state index in [-0.39, 0.29) is 0 Å². The highest BCUT2D eigenvalue weighted by atomic mass is 16.5. The number of imidazole rings is 1. The van der Waals surface area contributed by atoms with Crippen molar-refractivity contribution in [1.29, 1.82) is 0 Å². The number of hydrogen-bond donors (Lipinski definition) is 1. The summed E-state index contributed by atoms with van der Waals surface area (Å²) < 4.78 is 7.96. The maximum atomic E-state index is 11.0. The van der Waals surface area contributed by atoms with Crippen LogP contribution in [0.25, 0.3) is 33.5 Å². The molecular weight excluding hydrogens is 404 g/mol. The van der Waals surface area contributed by atoms with Crippen molar-refractivity contribution in [2.24, 2.45) is 0 Å². The normalized spacial score (nSPS) is 18.8. The van der Waals surface area contributed by atoms with Gasteiger partial charge in [0.15, 0.2) is 6.61 Å². The zero-order valence-corrected chi connectivity index (χ0v) is 17.7. The number of rotatable bonds is 5. The van der Waals surface area contributed by atoms with Gasteiger partial charge >= 0.3 is 5.97 Å². The van der Waals surface area contributed by atoms with Crippen LogP contribution in [0.5, 0.6) is 5.75 Å². The number of nitrogens with zero attached hydrogens (tertiary/aromatic N) is 4. The van der Waals surface area contributed by atoms with Crippen LogP contribution in [0, 0.1) is 6.92 Å². The van der Waals surface area contributed by atoms with Crippen molar-refractivity contribution in [3.8, 4) is 28.4 Å². The van der Waals surface area contributed by atoms with Gasteiger partial charge in [-0.3, -0.25) is 9.97 Å². The molecule has 1 N–H and O–H groups in total. The Balaban J connectivity index is 1.56. The molecule has 2 atom stereocenters. The average Bonchev–Trinajstić information content (AvgIpc) is 3.50. The van der Waals surface area contributed by atoms with E-state index in [0.717, 1.165) is 51.5 Å². The molecule has 2 aliphatic rings. The number of carboxylic acids is 1. The van der Waals surface area contributed by atoms with Gasteiger partial charge in [0.05, 0.1) is 16.9 Å². The first kappa shape index (κ1) is 19.0. The van der Waals surface area contributed by atoms with Gasteiger partial charge in [-0.05, 0) is 56.5 Å². The van der Waals surface area contributed by atoms with E-state index >= 15 is 0 Å². The summed E-state index contributed by atoms with van der Waals surface area (Å²) in [6.45, 7) is 1.60. The lowest BCUT2D eigenvalue weighted by Crippen LogP contribution is -2.10. The fraction of sp³-hybridized carbons (Fsp3) is 0.280. The largest absolute Gasteiger partial charge is 0.481 e. The zero-order valence-electron chi connectivity index (χ0n) is 17.7. The van der Waals surface area contributed by atoms with Crippen LogP contribution in [0.2, 0.25) is 0 Å². The summed E-state index contributed by atoms with van der Waals surface area (Å²) in [6.07, 6.45) is 5.15. The van der Waals surface area contributed by atoms with Gasteiger partial charge in [0.1, 0.15) is 17.3 Å². The second kappa shape index (κ2) is 7.15. The van der Waals surface area contributed by atoms with Crippen LogP contribution < -0.4 is 4.74 Å². The van der Waals surface area contributed by atoms with Crippen molar-refractivity contribution in [2.75, 3.05) is 6.61 Å². The topological polar surface area (TPSA) is 90.1 Å². The van der Waals surface area contributed by atoms with E-state index in [2.05, 4.69) is 15.6 Å². The first-order valence-electron chi connectivity index (χ1n) is 10.9. The number of pyridine rings is 2. The Morgan fingerprint density at radius 3 is 2.94 bits per heavy atom. The fourth-order valence-electron chi connectivity index (χ4n) is 5.20. The van der Waals surface area contributed by atoms with Crippen molar-refractivity contribution in [2.45, 2.75) is 38.1 Å². The van der Waals surface area contributed by atoms with Gasteiger partial charge in [0.25, 0.3) is 0 Å². The van der Waals surface area contributed by atoms with Crippen LogP contribution in [-0.2, 0) is 4.79 Å². The highest BCUT2D eigenvalue weighted by Gasteiger charge is 2.41. The third-order valence-corrected chi connectivity index (χ3v) is 6.53. The number of aliphatic carboxylic acids is 1. The van der Waals surface area contributed by atoms with Gasteiger partial charge in [-0.15, -0.1) is 0 Å². The molecule has 0 amide bonds. The number of fused-ring (bicyclic) bond motifs is 6. The van der Waals surface area contributed by atoms with Crippen LogP contribution >= 0.6 is 0 Å². The number of ether oxygens (including phenoxy) is 1. The fourth-order valence-corrected chi connectivity index (χ4v) is 5.20. The lowest BCUT2D eigenvalue weighted by molar-refractivity contribution is -0.139. The van der Waals surface area contributed by atoms with E-state index in [1.807, 2.05) is 37.3 Å². The molecule has 1 aromatic carbocycles. The summed E-state index contributed by atoms with van der Waals surface area (Å²) in [5.41, 5.74) is 5.56. The molecule has 0 radical (unpaired) electrons. The predicted octanol–water partition coefficient (Wildman–Crippen LogP) is 4.75. The Hall–Kier alpha value is -3.74. The van der Waals surface area contributed by atoms with Crippen LogP contribution in [0.4, 0.5) is 0 Å². The van der Waals surface area contributed by atoms with E-state index in [1.54, 1.807) is 12.3 Å². The smallest absolute Gasteiger partial charge is 0.341 e. The second-order valence-corrected chi connectivity index (χ2v) is 8.59. The number of aromatic nitrogens is 4. The van der Waals surface area contributed by atoms with Crippen LogP contribution in [0.3, 0.4) is 0 Å². The second-order valence-electron chi connectivity index (χ2n) is 8.59. The zero-order chi connectivity index (χ0) is 21.8. The van der Waals surface area contributed by atoms with Gasteiger partial charge in [-0.25, -0.2) is 9.78 Å². The summed E-state index contributed by atoms with van der Waals surface area (Å²) in [6, 6.07) is 14.2. The molecule has 7 nitrogen and oxygen atoms in total. The van der Waals surface area contributed by atoms with Gasteiger partial charge < -0.3 is 14.4 Å². The maximum Gasteiger partial charge on any atom is 0.341 e. The molecular formula is C25H22N4O3. The van der Waals surface area contributed by atoms with E-state index < -0.39 is 12.6 Å². The Morgan fingerprint density at radius 2 is 2.09 bits per heavy atom. The quantitative estimate of drug-likeness (QED) is 0.495. The Bertz CT molecular complexity index is 1380. The highest BCUT2D eigenvalue weighted by molar-refractivity contribution is 5.91. The van der Waals surface area contributed by atoms with Crippen LogP contribution in [-0.4, -0.2) is 37.2 Å². The lowest BCUT2D eigenvalue weighted by Gasteiger charge is -2.18. The molecule has 1 saturated carbocycles. The minimum absolute atomic E-state index is 0.395. The minimum atomic E-state index is -1.01. The van der Waals surface area contributed by atoms with Crippen molar-refractivity contribution in [3.05, 3.63) is 60.2 Å². The van der Waals surface area contributed by atoms with Gasteiger partial charge in [0, 0.05) is 34.8 Å². The highest BCUT2D eigenvalue weighted by Crippen LogP contribution is 2.52. The number of hydrogen-bond acceptors (Lipinski definition) is 5. The van der Waals surface area contributed by atoms with E-state index in [0.29, 0.717) is 17.7 Å². The number of carbonyl (C=O) groups is 1. The molecule has 4 heterocycles. The molecule has 4 aromatic rings. The molecule has 7 heteroatoms. The minimum Gasteiger partial charge on any atom is -0.481 e. The van der Waals surface area contributed by atoms with Crippen LogP contribution in [0.1, 0.15) is 42.7 Å². The molecule has 0 saturated heterocycles. The molecule has 160 valence electrons. The number of benzene rings is 1.